The SMILES string of the molecule is Cc1ccc(C2CC3(C)CCC2(C)C3C)cc1. The van der Waals surface area contributed by atoms with Crippen molar-refractivity contribution in [2.24, 2.45) is 16.7 Å². The second kappa shape index (κ2) is 3.37. The first-order valence-corrected chi connectivity index (χ1v) is 7.02. The summed E-state index contributed by atoms with van der Waals surface area (Å²) in [4.78, 5) is 0. The fourth-order valence-corrected chi connectivity index (χ4v) is 4.54. The van der Waals surface area contributed by atoms with Crippen molar-refractivity contribution in [2.45, 2.75) is 52.9 Å². The summed E-state index contributed by atoms with van der Waals surface area (Å²) in [5.74, 6) is 1.66. The minimum Gasteiger partial charge on any atom is -0.0614 e. The minimum absolute atomic E-state index is 0.546. The summed E-state index contributed by atoms with van der Waals surface area (Å²) in [6.07, 6.45) is 4.25. The Balaban J connectivity index is 1.99. The Hall–Kier alpha value is -0.780. The molecule has 0 aromatic heterocycles. The average molecular weight is 228 g/mol. The molecule has 2 bridgehead atoms. The van der Waals surface area contributed by atoms with Crippen LogP contribution in [0.15, 0.2) is 24.3 Å². The van der Waals surface area contributed by atoms with E-state index in [4.69, 9.17) is 0 Å². The van der Waals surface area contributed by atoms with E-state index < -0.39 is 0 Å². The molecule has 0 radical (unpaired) electrons. The topological polar surface area (TPSA) is 0 Å². The Morgan fingerprint density at radius 1 is 1.06 bits per heavy atom. The van der Waals surface area contributed by atoms with Crippen LogP contribution in [0.1, 0.15) is 57.1 Å². The molecule has 2 fully saturated rings. The number of benzene rings is 1. The molecule has 1 aromatic rings. The van der Waals surface area contributed by atoms with E-state index in [2.05, 4.69) is 52.0 Å². The molecular formula is C17H24. The second-order valence-electron chi connectivity index (χ2n) is 7.05. The standard InChI is InChI=1S/C17H24/c1-12-5-7-14(8-6-12)15-11-16(3)9-10-17(15,4)13(16)2/h5-8,13,15H,9-11H2,1-4H3. The van der Waals surface area contributed by atoms with Crippen molar-refractivity contribution in [3.05, 3.63) is 35.4 Å². The highest BCUT2D eigenvalue weighted by atomic mass is 14.6. The predicted octanol–water partition coefficient (Wildman–Crippen LogP) is 4.92. The van der Waals surface area contributed by atoms with Crippen LogP contribution in [0, 0.1) is 23.7 Å². The summed E-state index contributed by atoms with van der Waals surface area (Å²) in [5, 5.41) is 0. The molecule has 4 atom stereocenters. The molecule has 4 unspecified atom stereocenters. The third-order valence-electron chi connectivity index (χ3n) is 6.22. The molecule has 0 heterocycles. The maximum Gasteiger partial charge on any atom is -0.00999 e. The largest absolute Gasteiger partial charge is 0.0614 e. The van der Waals surface area contributed by atoms with Crippen LogP contribution in [0.3, 0.4) is 0 Å². The number of hydrogen-bond acceptors (Lipinski definition) is 0. The van der Waals surface area contributed by atoms with Crippen LogP contribution in [0.5, 0.6) is 0 Å². The number of fused-ring (bicyclic) bond motifs is 2. The van der Waals surface area contributed by atoms with Gasteiger partial charge in [0.15, 0.2) is 0 Å². The zero-order valence-corrected chi connectivity index (χ0v) is 11.6. The van der Waals surface area contributed by atoms with Crippen molar-refractivity contribution in [3.8, 4) is 0 Å². The molecule has 0 heteroatoms. The van der Waals surface area contributed by atoms with Gasteiger partial charge in [-0.2, -0.15) is 0 Å². The average Bonchev–Trinajstić information content (AvgIpc) is 2.65. The molecule has 3 rings (SSSR count). The summed E-state index contributed by atoms with van der Waals surface area (Å²) >= 11 is 0. The molecular weight excluding hydrogens is 204 g/mol. The van der Waals surface area contributed by atoms with E-state index in [1.54, 1.807) is 5.56 Å². The van der Waals surface area contributed by atoms with Gasteiger partial charge in [0.1, 0.15) is 0 Å². The fraction of sp³-hybridized carbons (Fsp3) is 0.647. The summed E-state index contributed by atoms with van der Waals surface area (Å²) in [7, 11) is 0. The first-order valence-electron chi connectivity index (χ1n) is 7.02. The molecule has 0 amide bonds. The maximum absolute atomic E-state index is 2.53. The van der Waals surface area contributed by atoms with Gasteiger partial charge >= 0.3 is 0 Å². The van der Waals surface area contributed by atoms with Crippen molar-refractivity contribution in [1.82, 2.24) is 0 Å². The maximum atomic E-state index is 2.53. The number of rotatable bonds is 1. The van der Waals surface area contributed by atoms with Crippen LogP contribution in [0.4, 0.5) is 0 Å². The van der Waals surface area contributed by atoms with Crippen molar-refractivity contribution < 1.29 is 0 Å². The first-order chi connectivity index (χ1) is 7.96. The highest BCUT2D eigenvalue weighted by Gasteiger charge is 2.60. The molecule has 92 valence electrons. The van der Waals surface area contributed by atoms with Gasteiger partial charge in [0.25, 0.3) is 0 Å². The smallest absolute Gasteiger partial charge is 0.00999 e. The molecule has 2 saturated carbocycles. The number of aryl methyl sites for hydroxylation is 1. The van der Waals surface area contributed by atoms with Gasteiger partial charge in [0, 0.05) is 0 Å². The normalized spacial score (nSPS) is 44.2. The monoisotopic (exact) mass is 228 g/mol. The van der Waals surface area contributed by atoms with Crippen LogP contribution in [0.25, 0.3) is 0 Å². The third kappa shape index (κ3) is 1.42. The van der Waals surface area contributed by atoms with E-state index >= 15 is 0 Å². The highest BCUT2D eigenvalue weighted by molar-refractivity contribution is 5.30. The van der Waals surface area contributed by atoms with Gasteiger partial charge in [-0.3, -0.25) is 0 Å². The summed E-state index contributed by atoms with van der Waals surface area (Å²) in [6, 6.07) is 9.28. The van der Waals surface area contributed by atoms with Crippen LogP contribution < -0.4 is 0 Å². The molecule has 0 spiro atoms. The minimum atomic E-state index is 0.546. The van der Waals surface area contributed by atoms with Crippen LogP contribution in [0.2, 0.25) is 0 Å². The lowest BCUT2D eigenvalue weighted by atomic mass is 9.70. The Morgan fingerprint density at radius 3 is 2.18 bits per heavy atom. The molecule has 2 aliphatic rings. The van der Waals surface area contributed by atoms with Gasteiger partial charge in [-0.05, 0) is 54.4 Å². The Morgan fingerprint density at radius 2 is 1.71 bits per heavy atom. The molecule has 0 nitrogen and oxygen atoms in total. The lowest BCUT2D eigenvalue weighted by molar-refractivity contribution is 0.226. The van der Waals surface area contributed by atoms with Gasteiger partial charge < -0.3 is 0 Å². The lowest BCUT2D eigenvalue weighted by Crippen LogP contribution is -2.23. The summed E-state index contributed by atoms with van der Waals surface area (Å²) in [5.41, 5.74) is 4.10. The van der Waals surface area contributed by atoms with E-state index in [0.29, 0.717) is 10.8 Å². The Labute approximate surface area is 105 Å². The van der Waals surface area contributed by atoms with Crippen molar-refractivity contribution in [3.63, 3.8) is 0 Å². The van der Waals surface area contributed by atoms with Gasteiger partial charge in [0.05, 0.1) is 0 Å². The zero-order valence-electron chi connectivity index (χ0n) is 11.6. The van der Waals surface area contributed by atoms with Gasteiger partial charge in [-0.1, -0.05) is 50.6 Å². The van der Waals surface area contributed by atoms with Crippen molar-refractivity contribution in [2.75, 3.05) is 0 Å². The van der Waals surface area contributed by atoms with Gasteiger partial charge in [-0.25, -0.2) is 0 Å². The third-order valence-corrected chi connectivity index (χ3v) is 6.22. The van der Waals surface area contributed by atoms with Crippen molar-refractivity contribution in [1.29, 1.82) is 0 Å². The fourth-order valence-electron chi connectivity index (χ4n) is 4.54. The first kappa shape index (κ1) is 11.3. The van der Waals surface area contributed by atoms with Gasteiger partial charge in [0.2, 0.25) is 0 Å². The Kier molecular flexibility index (Phi) is 2.24. The summed E-state index contributed by atoms with van der Waals surface area (Å²) in [6.45, 7) is 9.70. The zero-order chi connectivity index (χ0) is 12.3. The quantitative estimate of drug-likeness (QED) is 0.639. The molecule has 0 saturated heterocycles. The van der Waals surface area contributed by atoms with E-state index in [9.17, 15) is 0 Å². The van der Waals surface area contributed by atoms with Crippen LogP contribution in [-0.2, 0) is 0 Å². The second-order valence-corrected chi connectivity index (χ2v) is 7.05. The Bertz CT molecular complexity index is 430. The summed E-state index contributed by atoms with van der Waals surface area (Å²) < 4.78 is 0. The van der Waals surface area contributed by atoms with E-state index in [1.807, 2.05) is 0 Å². The highest BCUT2D eigenvalue weighted by Crippen LogP contribution is 2.70. The van der Waals surface area contributed by atoms with E-state index in [1.165, 1.54) is 24.8 Å². The van der Waals surface area contributed by atoms with Gasteiger partial charge in [-0.15, -0.1) is 0 Å². The lowest BCUT2D eigenvalue weighted by Gasteiger charge is -2.34. The molecule has 2 aliphatic carbocycles. The van der Waals surface area contributed by atoms with Crippen LogP contribution >= 0.6 is 0 Å². The number of hydrogen-bond donors (Lipinski definition) is 0. The van der Waals surface area contributed by atoms with Crippen molar-refractivity contribution >= 4 is 0 Å². The van der Waals surface area contributed by atoms with E-state index in [-0.39, 0.29) is 0 Å². The molecule has 0 aliphatic heterocycles. The predicted molar refractivity (Wildman–Crippen MR) is 73.1 cm³/mol. The molecule has 0 N–H and O–H groups in total. The molecule has 1 aromatic carbocycles. The van der Waals surface area contributed by atoms with Crippen LogP contribution in [-0.4, -0.2) is 0 Å². The molecule has 17 heavy (non-hydrogen) atoms. The van der Waals surface area contributed by atoms with E-state index in [0.717, 1.165) is 11.8 Å².